The van der Waals surface area contributed by atoms with Gasteiger partial charge in [-0.2, -0.15) is 0 Å². The summed E-state index contributed by atoms with van der Waals surface area (Å²) in [4.78, 5) is 16.0. The van der Waals surface area contributed by atoms with Crippen LogP contribution in [0.5, 0.6) is 0 Å². The second kappa shape index (κ2) is 4.34. The third-order valence-corrected chi connectivity index (χ3v) is 3.96. The van der Waals surface area contributed by atoms with E-state index in [1.807, 2.05) is 12.5 Å². The molecule has 3 atom stereocenters. The third-order valence-electron chi connectivity index (χ3n) is 2.85. The van der Waals surface area contributed by atoms with Crippen molar-refractivity contribution < 1.29 is 9.53 Å². The predicted octanol–water partition coefficient (Wildman–Crippen LogP) is 1.86. The molecule has 0 aromatic heterocycles. The summed E-state index contributed by atoms with van der Waals surface area (Å²) in [7, 11) is 0. The van der Waals surface area contributed by atoms with Gasteiger partial charge in [-0.3, -0.25) is 9.79 Å². The molecule has 1 aliphatic carbocycles. The van der Waals surface area contributed by atoms with E-state index in [0.717, 1.165) is 12.8 Å². The molecule has 14 heavy (non-hydrogen) atoms. The highest BCUT2D eigenvalue weighted by Crippen LogP contribution is 2.38. The summed E-state index contributed by atoms with van der Waals surface area (Å²) < 4.78 is 5.07. The summed E-state index contributed by atoms with van der Waals surface area (Å²) in [6, 6.07) is 0.188. The number of hydrogen-bond acceptors (Lipinski definition) is 4. The second-order valence-corrected chi connectivity index (χ2v) is 4.80. The lowest BCUT2D eigenvalue weighted by molar-refractivity contribution is -0.149. The van der Waals surface area contributed by atoms with Gasteiger partial charge in [-0.05, 0) is 19.8 Å². The molecular formula is C10H15NO2S. The predicted molar refractivity (Wildman–Crippen MR) is 57.6 cm³/mol. The van der Waals surface area contributed by atoms with E-state index in [4.69, 9.17) is 4.74 Å². The summed E-state index contributed by atoms with van der Waals surface area (Å²) in [5.74, 6) is -0.0400. The maximum atomic E-state index is 11.6. The average Bonchev–Trinajstić information content (AvgIpc) is 2.65. The Morgan fingerprint density at radius 3 is 3.29 bits per heavy atom. The molecule has 1 fully saturated rings. The topological polar surface area (TPSA) is 38.7 Å². The Morgan fingerprint density at radius 1 is 1.64 bits per heavy atom. The SMILES string of the molecule is CCOC(=O)C1CCCC2SC=NC21. The summed E-state index contributed by atoms with van der Waals surface area (Å²) in [6.45, 7) is 2.33. The normalized spacial score (nSPS) is 35.4. The van der Waals surface area contributed by atoms with Crippen LogP contribution >= 0.6 is 11.8 Å². The Balaban J connectivity index is 2.02. The lowest BCUT2D eigenvalue weighted by Crippen LogP contribution is -2.37. The minimum atomic E-state index is -0.0538. The van der Waals surface area contributed by atoms with E-state index in [0.29, 0.717) is 11.9 Å². The Hall–Kier alpha value is -0.510. The molecule has 2 aliphatic rings. The summed E-state index contributed by atoms with van der Waals surface area (Å²) in [5, 5.41) is 0.526. The molecule has 0 bridgehead atoms. The van der Waals surface area contributed by atoms with Crippen LogP contribution in [0.25, 0.3) is 0 Å². The zero-order valence-electron chi connectivity index (χ0n) is 8.31. The van der Waals surface area contributed by atoms with Crippen molar-refractivity contribution in [3.8, 4) is 0 Å². The zero-order chi connectivity index (χ0) is 9.97. The van der Waals surface area contributed by atoms with Gasteiger partial charge in [-0.15, -0.1) is 11.8 Å². The van der Waals surface area contributed by atoms with Crippen LogP contribution in [-0.4, -0.2) is 29.4 Å². The van der Waals surface area contributed by atoms with Gasteiger partial charge in [0.05, 0.1) is 24.1 Å². The molecule has 1 aliphatic heterocycles. The lowest BCUT2D eigenvalue weighted by atomic mass is 9.84. The molecule has 0 amide bonds. The molecule has 0 spiro atoms. The van der Waals surface area contributed by atoms with Gasteiger partial charge >= 0.3 is 5.97 Å². The van der Waals surface area contributed by atoms with Gasteiger partial charge < -0.3 is 4.74 Å². The standard InChI is InChI=1S/C10H15NO2S/c1-2-13-10(12)7-4-3-5-8-9(7)11-6-14-8/h6-9H,2-5H2,1H3. The average molecular weight is 213 g/mol. The van der Waals surface area contributed by atoms with Gasteiger partial charge in [0.25, 0.3) is 0 Å². The first-order valence-corrected chi connectivity index (χ1v) is 6.11. The fourth-order valence-electron chi connectivity index (χ4n) is 2.18. The van der Waals surface area contributed by atoms with Crippen LogP contribution in [0.2, 0.25) is 0 Å². The lowest BCUT2D eigenvalue weighted by Gasteiger charge is -2.29. The Kier molecular flexibility index (Phi) is 3.11. The number of fused-ring (bicyclic) bond motifs is 1. The van der Waals surface area contributed by atoms with Crippen molar-refractivity contribution in [1.82, 2.24) is 0 Å². The molecule has 1 saturated carbocycles. The van der Waals surface area contributed by atoms with Crippen LogP contribution in [0.3, 0.4) is 0 Å². The fourth-order valence-corrected chi connectivity index (χ4v) is 3.27. The monoisotopic (exact) mass is 213 g/mol. The summed E-state index contributed by atoms with van der Waals surface area (Å²) >= 11 is 1.77. The van der Waals surface area contributed by atoms with E-state index in [2.05, 4.69) is 4.99 Å². The van der Waals surface area contributed by atoms with Gasteiger partial charge in [0.1, 0.15) is 0 Å². The number of esters is 1. The summed E-state index contributed by atoms with van der Waals surface area (Å²) in [6.07, 6.45) is 3.25. The minimum Gasteiger partial charge on any atom is -0.466 e. The highest BCUT2D eigenvalue weighted by atomic mass is 32.2. The van der Waals surface area contributed by atoms with Crippen molar-refractivity contribution in [2.45, 2.75) is 37.5 Å². The van der Waals surface area contributed by atoms with E-state index in [1.54, 1.807) is 11.8 Å². The van der Waals surface area contributed by atoms with Crippen LogP contribution < -0.4 is 0 Å². The minimum absolute atomic E-state index is 0.0138. The first-order chi connectivity index (χ1) is 6.83. The van der Waals surface area contributed by atoms with Gasteiger partial charge in [0, 0.05) is 5.25 Å². The fraction of sp³-hybridized carbons (Fsp3) is 0.800. The van der Waals surface area contributed by atoms with E-state index < -0.39 is 0 Å². The second-order valence-electron chi connectivity index (χ2n) is 3.71. The van der Waals surface area contributed by atoms with Crippen LogP contribution in [-0.2, 0) is 9.53 Å². The van der Waals surface area contributed by atoms with E-state index in [-0.39, 0.29) is 17.9 Å². The molecule has 0 aromatic rings. The van der Waals surface area contributed by atoms with Crippen molar-refractivity contribution >= 4 is 23.3 Å². The highest BCUT2D eigenvalue weighted by molar-refractivity contribution is 8.12. The Labute approximate surface area is 88.3 Å². The molecule has 0 radical (unpaired) electrons. The molecule has 0 saturated heterocycles. The number of hydrogen-bond donors (Lipinski definition) is 0. The molecule has 0 N–H and O–H groups in total. The molecule has 1 heterocycles. The number of rotatable bonds is 2. The molecule has 3 unspecified atom stereocenters. The molecule has 4 heteroatoms. The third kappa shape index (κ3) is 1.80. The van der Waals surface area contributed by atoms with Crippen LogP contribution in [0.4, 0.5) is 0 Å². The number of carbonyl (C=O) groups is 1. The smallest absolute Gasteiger partial charge is 0.311 e. The van der Waals surface area contributed by atoms with Crippen LogP contribution in [0, 0.1) is 5.92 Å². The molecule has 0 aromatic carbocycles. The number of ether oxygens (including phenoxy) is 1. The van der Waals surface area contributed by atoms with Crippen LogP contribution in [0.15, 0.2) is 4.99 Å². The molecule has 2 rings (SSSR count). The number of aliphatic imine (C=N–C) groups is 1. The highest BCUT2D eigenvalue weighted by Gasteiger charge is 2.40. The largest absolute Gasteiger partial charge is 0.466 e. The van der Waals surface area contributed by atoms with Gasteiger partial charge in [-0.25, -0.2) is 0 Å². The Bertz CT molecular complexity index is 255. The van der Waals surface area contributed by atoms with Gasteiger partial charge in [0.15, 0.2) is 0 Å². The van der Waals surface area contributed by atoms with Gasteiger partial charge in [-0.1, -0.05) is 6.42 Å². The molecule has 78 valence electrons. The number of thioether (sulfide) groups is 1. The first kappa shape index (κ1) is 10.0. The van der Waals surface area contributed by atoms with E-state index >= 15 is 0 Å². The quantitative estimate of drug-likeness (QED) is 0.657. The molecule has 3 nitrogen and oxygen atoms in total. The van der Waals surface area contributed by atoms with Crippen LogP contribution in [0.1, 0.15) is 26.2 Å². The Morgan fingerprint density at radius 2 is 2.50 bits per heavy atom. The number of nitrogens with zero attached hydrogens (tertiary/aromatic N) is 1. The van der Waals surface area contributed by atoms with Crippen molar-refractivity contribution in [1.29, 1.82) is 0 Å². The maximum absolute atomic E-state index is 11.6. The van der Waals surface area contributed by atoms with Gasteiger partial charge in [0.2, 0.25) is 0 Å². The zero-order valence-corrected chi connectivity index (χ0v) is 9.13. The number of carbonyl (C=O) groups excluding carboxylic acids is 1. The van der Waals surface area contributed by atoms with Crippen molar-refractivity contribution in [2.24, 2.45) is 10.9 Å². The van der Waals surface area contributed by atoms with Crippen molar-refractivity contribution in [3.05, 3.63) is 0 Å². The van der Waals surface area contributed by atoms with Crippen molar-refractivity contribution in [3.63, 3.8) is 0 Å². The molecular weight excluding hydrogens is 198 g/mol. The summed E-state index contributed by atoms with van der Waals surface area (Å²) in [5.41, 5.74) is 1.90. The first-order valence-electron chi connectivity index (χ1n) is 5.16. The van der Waals surface area contributed by atoms with E-state index in [9.17, 15) is 4.79 Å². The maximum Gasteiger partial charge on any atom is 0.311 e. The van der Waals surface area contributed by atoms with E-state index in [1.165, 1.54) is 6.42 Å². The van der Waals surface area contributed by atoms with Crippen molar-refractivity contribution in [2.75, 3.05) is 6.61 Å².